The Bertz CT molecular complexity index is 739. The van der Waals surface area contributed by atoms with Crippen LogP contribution in [0.5, 0.6) is 11.5 Å². The highest BCUT2D eigenvalue weighted by molar-refractivity contribution is 6.04. The Morgan fingerprint density at radius 3 is 2.74 bits per heavy atom. The van der Waals surface area contributed by atoms with Gasteiger partial charge in [-0.3, -0.25) is 9.89 Å². The molecular formula is C15H17N3O5. The van der Waals surface area contributed by atoms with E-state index in [1.807, 2.05) is 0 Å². The standard InChI is InChI=1S/C15H17N3O5/c1-8-12(15(21)23-3)13(18-17-8)14(20)16-7-9-4-5-10(19)11(6-9)22-2/h4-6,19H,7H2,1-3H3,(H,16,20)(H,17,18). The molecule has 1 amide bonds. The van der Waals surface area contributed by atoms with Crippen molar-refractivity contribution in [3.05, 3.63) is 40.7 Å². The summed E-state index contributed by atoms with van der Waals surface area (Å²) in [7, 11) is 2.67. The lowest BCUT2D eigenvalue weighted by Crippen LogP contribution is -2.25. The first-order chi connectivity index (χ1) is 11.0. The SMILES string of the molecule is COC(=O)c1c(C(=O)NCc2ccc(O)c(OC)c2)n[nH]c1C. The number of phenolic OH excluding ortho intramolecular Hbond substituents is 1. The summed E-state index contributed by atoms with van der Waals surface area (Å²) in [6.45, 7) is 1.81. The minimum absolute atomic E-state index is 0.0125. The second kappa shape index (κ2) is 6.82. The van der Waals surface area contributed by atoms with Gasteiger partial charge in [0.25, 0.3) is 5.91 Å². The summed E-state index contributed by atoms with van der Waals surface area (Å²) in [6, 6.07) is 4.72. The van der Waals surface area contributed by atoms with Crippen LogP contribution in [0.1, 0.15) is 32.1 Å². The number of carbonyl (C=O) groups excluding carboxylic acids is 2. The predicted molar refractivity (Wildman–Crippen MR) is 80.5 cm³/mol. The first kappa shape index (κ1) is 16.3. The van der Waals surface area contributed by atoms with Crippen molar-refractivity contribution in [2.45, 2.75) is 13.5 Å². The summed E-state index contributed by atoms with van der Waals surface area (Å²) in [4.78, 5) is 23.9. The van der Waals surface area contributed by atoms with Crippen LogP contribution in [-0.2, 0) is 11.3 Å². The first-order valence-electron chi connectivity index (χ1n) is 6.75. The lowest BCUT2D eigenvalue weighted by atomic mass is 10.1. The number of phenols is 1. The third kappa shape index (κ3) is 3.42. The van der Waals surface area contributed by atoms with Gasteiger partial charge in [-0.15, -0.1) is 0 Å². The molecule has 0 aliphatic carbocycles. The van der Waals surface area contributed by atoms with Crippen LogP contribution in [-0.4, -0.2) is 41.4 Å². The number of aryl methyl sites for hydroxylation is 1. The Kier molecular flexibility index (Phi) is 4.85. The number of ether oxygens (including phenoxy) is 2. The average molecular weight is 319 g/mol. The molecule has 2 aromatic rings. The maximum Gasteiger partial charge on any atom is 0.342 e. The van der Waals surface area contributed by atoms with Gasteiger partial charge in [0.2, 0.25) is 0 Å². The summed E-state index contributed by atoms with van der Waals surface area (Å²) < 4.78 is 9.65. The second-order valence-corrected chi connectivity index (χ2v) is 4.75. The minimum Gasteiger partial charge on any atom is -0.504 e. The molecule has 0 radical (unpaired) electrons. The fourth-order valence-corrected chi connectivity index (χ4v) is 2.04. The number of hydrogen-bond donors (Lipinski definition) is 3. The van der Waals surface area contributed by atoms with Crippen LogP contribution in [0, 0.1) is 6.92 Å². The Morgan fingerprint density at radius 1 is 1.35 bits per heavy atom. The van der Waals surface area contributed by atoms with Crippen molar-refractivity contribution >= 4 is 11.9 Å². The lowest BCUT2D eigenvalue weighted by molar-refractivity contribution is 0.0595. The molecule has 0 bridgehead atoms. The maximum absolute atomic E-state index is 12.2. The third-order valence-electron chi connectivity index (χ3n) is 3.25. The van der Waals surface area contributed by atoms with Crippen molar-refractivity contribution in [2.75, 3.05) is 14.2 Å². The fourth-order valence-electron chi connectivity index (χ4n) is 2.04. The summed E-state index contributed by atoms with van der Waals surface area (Å²) >= 11 is 0. The Labute approximate surface area is 132 Å². The Hall–Kier alpha value is -3.03. The van der Waals surface area contributed by atoms with E-state index < -0.39 is 11.9 Å². The van der Waals surface area contributed by atoms with Gasteiger partial charge in [0.1, 0.15) is 5.56 Å². The molecule has 0 aliphatic rings. The van der Waals surface area contributed by atoms with Crippen molar-refractivity contribution in [3.8, 4) is 11.5 Å². The number of nitrogens with zero attached hydrogens (tertiary/aromatic N) is 1. The maximum atomic E-state index is 12.2. The molecule has 0 saturated heterocycles. The summed E-state index contributed by atoms with van der Waals surface area (Å²) in [5, 5.41) is 18.6. The van der Waals surface area contributed by atoms with Crippen LogP contribution in [0.15, 0.2) is 18.2 Å². The number of aromatic hydroxyl groups is 1. The number of hydrogen-bond acceptors (Lipinski definition) is 6. The number of methoxy groups -OCH3 is 2. The van der Waals surface area contributed by atoms with E-state index in [-0.39, 0.29) is 23.6 Å². The molecule has 0 atom stereocenters. The van der Waals surface area contributed by atoms with Gasteiger partial charge in [0.05, 0.1) is 14.2 Å². The molecular weight excluding hydrogens is 302 g/mol. The molecule has 122 valence electrons. The van der Waals surface area contributed by atoms with Gasteiger partial charge in [-0.05, 0) is 24.6 Å². The van der Waals surface area contributed by atoms with Gasteiger partial charge in [0.15, 0.2) is 17.2 Å². The molecule has 2 rings (SSSR count). The van der Waals surface area contributed by atoms with Crippen molar-refractivity contribution < 1.29 is 24.2 Å². The van der Waals surface area contributed by atoms with Crippen LogP contribution in [0.2, 0.25) is 0 Å². The van der Waals surface area contributed by atoms with E-state index in [0.29, 0.717) is 11.4 Å². The highest BCUT2D eigenvalue weighted by Gasteiger charge is 2.23. The van der Waals surface area contributed by atoms with E-state index in [9.17, 15) is 14.7 Å². The number of benzene rings is 1. The quantitative estimate of drug-likeness (QED) is 0.712. The number of rotatable bonds is 5. The summed E-state index contributed by atoms with van der Waals surface area (Å²) in [5.74, 6) is -0.824. The molecule has 8 heteroatoms. The van der Waals surface area contributed by atoms with Crippen LogP contribution in [0.25, 0.3) is 0 Å². The fraction of sp³-hybridized carbons (Fsp3) is 0.267. The monoisotopic (exact) mass is 319 g/mol. The van der Waals surface area contributed by atoms with Crippen LogP contribution >= 0.6 is 0 Å². The summed E-state index contributed by atoms with van der Waals surface area (Å²) in [6.07, 6.45) is 0. The van der Waals surface area contributed by atoms with Crippen molar-refractivity contribution in [3.63, 3.8) is 0 Å². The second-order valence-electron chi connectivity index (χ2n) is 4.75. The third-order valence-corrected chi connectivity index (χ3v) is 3.25. The van der Waals surface area contributed by atoms with Crippen LogP contribution < -0.4 is 10.1 Å². The van der Waals surface area contributed by atoms with E-state index >= 15 is 0 Å². The normalized spacial score (nSPS) is 10.2. The number of nitrogens with one attached hydrogen (secondary N) is 2. The molecule has 8 nitrogen and oxygen atoms in total. The van der Waals surface area contributed by atoms with Crippen LogP contribution in [0.4, 0.5) is 0 Å². The molecule has 1 heterocycles. The Morgan fingerprint density at radius 2 is 2.09 bits per heavy atom. The average Bonchev–Trinajstić information content (AvgIpc) is 2.94. The smallest absolute Gasteiger partial charge is 0.342 e. The molecule has 23 heavy (non-hydrogen) atoms. The molecule has 3 N–H and O–H groups in total. The number of aromatic amines is 1. The zero-order valence-corrected chi connectivity index (χ0v) is 13.0. The zero-order valence-electron chi connectivity index (χ0n) is 13.0. The van der Waals surface area contributed by atoms with E-state index in [4.69, 9.17) is 4.74 Å². The van der Waals surface area contributed by atoms with Gasteiger partial charge in [0, 0.05) is 12.2 Å². The van der Waals surface area contributed by atoms with E-state index in [1.54, 1.807) is 19.1 Å². The molecule has 0 aliphatic heterocycles. The van der Waals surface area contributed by atoms with Gasteiger partial charge in [-0.2, -0.15) is 5.10 Å². The van der Waals surface area contributed by atoms with E-state index in [1.165, 1.54) is 20.3 Å². The first-order valence-corrected chi connectivity index (χ1v) is 6.75. The van der Waals surface area contributed by atoms with Gasteiger partial charge >= 0.3 is 5.97 Å². The number of esters is 1. The predicted octanol–water partition coefficient (Wildman–Crippen LogP) is 1.15. The molecule has 0 spiro atoms. The zero-order chi connectivity index (χ0) is 17.0. The number of carbonyl (C=O) groups is 2. The van der Waals surface area contributed by atoms with E-state index in [2.05, 4.69) is 20.3 Å². The molecule has 1 aromatic heterocycles. The largest absolute Gasteiger partial charge is 0.504 e. The van der Waals surface area contributed by atoms with Crippen molar-refractivity contribution in [1.82, 2.24) is 15.5 Å². The van der Waals surface area contributed by atoms with Crippen molar-refractivity contribution in [1.29, 1.82) is 0 Å². The van der Waals surface area contributed by atoms with Gasteiger partial charge in [-0.1, -0.05) is 6.07 Å². The van der Waals surface area contributed by atoms with Gasteiger partial charge < -0.3 is 19.9 Å². The van der Waals surface area contributed by atoms with Gasteiger partial charge in [-0.25, -0.2) is 4.79 Å². The summed E-state index contributed by atoms with van der Waals surface area (Å²) in [5.41, 5.74) is 1.25. The number of amides is 1. The highest BCUT2D eigenvalue weighted by Crippen LogP contribution is 2.26. The number of H-pyrrole nitrogens is 1. The minimum atomic E-state index is -0.632. The highest BCUT2D eigenvalue weighted by atomic mass is 16.5. The number of aromatic nitrogens is 2. The molecule has 0 fully saturated rings. The Balaban J connectivity index is 2.13. The van der Waals surface area contributed by atoms with Crippen molar-refractivity contribution in [2.24, 2.45) is 0 Å². The molecule has 1 aromatic carbocycles. The van der Waals surface area contributed by atoms with Crippen LogP contribution in [0.3, 0.4) is 0 Å². The molecule has 0 saturated carbocycles. The topological polar surface area (TPSA) is 114 Å². The van der Waals surface area contributed by atoms with E-state index in [0.717, 1.165) is 5.56 Å². The molecule has 0 unspecified atom stereocenters. The lowest BCUT2D eigenvalue weighted by Gasteiger charge is -2.08.